The van der Waals surface area contributed by atoms with E-state index in [1.165, 1.54) is 0 Å². The Morgan fingerprint density at radius 3 is 2.58 bits per heavy atom. The molecule has 0 unspecified atom stereocenters. The first kappa shape index (κ1) is 9.49. The number of halogens is 2. The molecule has 0 saturated heterocycles. The van der Waals surface area contributed by atoms with Crippen molar-refractivity contribution in [2.24, 2.45) is 0 Å². The number of hydrogen-bond donors (Lipinski definition) is 1. The van der Waals surface area contributed by atoms with E-state index in [4.69, 9.17) is 11.6 Å². The Balaban J connectivity index is 2.90. The number of alkyl halides is 1. The highest BCUT2D eigenvalue weighted by Crippen LogP contribution is 2.15. The van der Waals surface area contributed by atoms with Crippen molar-refractivity contribution in [3.05, 3.63) is 34.3 Å². The molecule has 1 N–H and O–H groups in total. The average Bonchev–Trinajstić information content (AvgIpc) is 2.04. The minimum Gasteiger partial charge on any atom is -0.316 e. The summed E-state index contributed by atoms with van der Waals surface area (Å²) in [6, 6.07) is 5.28. The molecule has 12 heavy (non-hydrogen) atoms. The summed E-state index contributed by atoms with van der Waals surface area (Å²) in [4.78, 5) is 0. The summed E-state index contributed by atoms with van der Waals surface area (Å²) in [5.74, 6) is 0. The van der Waals surface area contributed by atoms with E-state index in [1.807, 2.05) is 19.2 Å². The lowest BCUT2D eigenvalue weighted by atomic mass is 10.1. The van der Waals surface area contributed by atoms with Gasteiger partial charge >= 0.3 is 0 Å². The second-order valence-corrected chi connectivity index (χ2v) is 3.07. The highest BCUT2D eigenvalue weighted by Gasteiger charge is 1.98. The third kappa shape index (κ3) is 2.47. The topological polar surface area (TPSA) is 12.0 Å². The molecular formula is C9H11ClFN. The maximum Gasteiger partial charge on any atom is 0.115 e. The molecular weight excluding hydrogens is 177 g/mol. The Kier molecular flexibility index (Phi) is 3.50. The van der Waals surface area contributed by atoms with E-state index in [-0.39, 0.29) is 0 Å². The van der Waals surface area contributed by atoms with Gasteiger partial charge < -0.3 is 5.32 Å². The SMILES string of the molecule is CNCc1cc(Cl)cc(CF)c1. The van der Waals surface area contributed by atoms with E-state index in [9.17, 15) is 4.39 Å². The number of hydrogen-bond acceptors (Lipinski definition) is 1. The number of rotatable bonds is 3. The molecule has 0 heterocycles. The quantitative estimate of drug-likeness (QED) is 0.767. The van der Waals surface area contributed by atoms with Crippen molar-refractivity contribution in [3.63, 3.8) is 0 Å². The molecule has 1 aromatic carbocycles. The Morgan fingerprint density at radius 1 is 1.33 bits per heavy atom. The van der Waals surface area contributed by atoms with E-state index in [0.717, 1.165) is 5.56 Å². The van der Waals surface area contributed by atoms with Crippen LogP contribution in [0.4, 0.5) is 4.39 Å². The summed E-state index contributed by atoms with van der Waals surface area (Å²) >= 11 is 5.77. The molecule has 0 bridgehead atoms. The molecule has 0 fully saturated rings. The van der Waals surface area contributed by atoms with Crippen LogP contribution in [0.25, 0.3) is 0 Å². The average molecular weight is 188 g/mol. The van der Waals surface area contributed by atoms with Crippen LogP contribution in [0.2, 0.25) is 5.02 Å². The van der Waals surface area contributed by atoms with Crippen molar-refractivity contribution >= 4 is 11.6 Å². The zero-order chi connectivity index (χ0) is 8.97. The third-order valence-electron chi connectivity index (χ3n) is 1.55. The summed E-state index contributed by atoms with van der Waals surface area (Å²) in [5, 5.41) is 3.57. The fourth-order valence-corrected chi connectivity index (χ4v) is 1.38. The second-order valence-electron chi connectivity index (χ2n) is 2.63. The van der Waals surface area contributed by atoms with E-state index >= 15 is 0 Å². The van der Waals surface area contributed by atoms with Crippen molar-refractivity contribution < 1.29 is 4.39 Å². The van der Waals surface area contributed by atoms with Gasteiger partial charge in [-0.2, -0.15) is 0 Å². The lowest BCUT2D eigenvalue weighted by Gasteiger charge is -2.02. The van der Waals surface area contributed by atoms with Crippen LogP contribution in [-0.2, 0) is 13.2 Å². The minimum absolute atomic E-state index is 0.461. The summed E-state index contributed by atoms with van der Waals surface area (Å²) in [6.45, 7) is 0.255. The van der Waals surface area contributed by atoms with Gasteiger partial charge in [0.2, 0.25) is 0 Å². The molecule has 0 aromatic heterocycles. The van der Waals surface area contributed by atoms with Crippen molar-refractivity contribution in [1.29, 1.82) is 0 Å². The molecule has 0 saturated carbocycles. The second kappa shape index (κ2) is 4.43. The van der Waals surface area contributed by atoms with Crippen molar-refractivity contribution in [2.75, 3.05) is 7.05 Å². The highest BCUT2D eigenvalue weighted by atomic mass is 35.5. The van der Waals surface area contributed by atoms with Gasteiger partial charge in [-0.3, -0.25) is 0 Å². The Bertz CT molecular complexity index is 263. The van der Waals surface area contributed by atoms with E-state index in [1.54, 1.807) is 6.07 Å². The van der Waals surface area contributed by atoms with Gasteiger partial charge in [0.05, 0.1) is 0 Å². The normalized spacial score (nSPS) is 10.2. The number of nitrogens with one attached hydrogen (secondary N) is 1. The largest absolute Gasteiger partial charge is 0.316 e. The van der Waals surface area contributed by atoms with Gasteiger partial charge in [0.15, 0.2) is 0 Å². The van der Waals surface area contributed by atoms with Crippen molar-refractivity contribution in [3.8, 4) is 0 Å². The zero-order valence-electron chi connectivity index (χ0n) is 6.90. The lowest BCUT2D eigenvalue weighted by molar-refractivity contribution is 0.485. The van der Waals surface area contributed by atoms with Crippen molar-refractivity contribution in [2.45, 2.75) is 13.2 Å². The molecule has 0 amide bonds. The Labute approximate surface area is 76.5 Å². The molecule has 66 valence electrons. The predicted molar refractivity (Wildman–Crippen MR) is 49.0 cm³/mol. The molecule has 1 rings (SSSR count). The van der Waals surface area contributed by atoms with Crippen LogP contribution in [0.1, 0.15) is 11.1 Å². The standard InChI is InChI=1S/C9H11ClFN/c1-12-6-8-2-7(5-11)3-9(10)4-8/h2-4,12H,5-6H2,1H3. The molecule has 0 aliphatic heterocycles. The third-order valence-corrected chi connectivity index (χ3v) is 1.77. The van der Waals surface area contributed by atoms with Crippen molar-refractivity contribution in [1.82, 2.24) is 5.32 Å². The Morgan fingerprint density at radius 2 is 2.00 bits per heavy atom. The van der Waals surface area contributed by atoms with Crippen LogP contribution in [0.3, 0.4) is 0 Å². The number of benzene rings is 1. The van der Waals surface area contributed by atoms with Gasteiger partial charge in [-0.1, -0.05) is 17.7 Å². The first-order chi connectivity index (χ1) is 5.76. The summed E-state index contributed by atoms with van der Waals surface area (Å²) in [6.07, 6.45) is 0. The van der Waals surface area contributed by atoms with Crippen LogP contribution < -0.4 is 5.32 Å². The minimum atomic E-state index is -0.461. The van der Waals surface area contributed by atoms with Crippen LogP contribution in [0.15, 0.2) is 18.2 Å². The molecule has 0 aliphatic carbocycles. The van der Waals surface area contributed by atoms with Crippen LogP contribution in [-0.4, -0.2) is 7.05 Å². The summed E-state index contributed by atoms with van der Waals surface area (Å²) in [5.41, 5.74) is 1.64. The van der Waals surface area contributed by atoms with Gasteiger partial charge in [0.25, 0.3) is 0 Å². The Hall–Kier alpha value is -0.600. The summed E-state index contributed by atoms with van der Waals surface area (Å²) in [7, 11) is 1.84. The fourth-order valence-electron chi connectivity index (χ4n) is 1.10. The maximum absolute atomic E-state index is 12.2. The lowest BCUT2D eigenvalue weighted by Crippen LogP contribution is -2.05. The van der Waals surface area contributed by atoms with E-state index in [0.29, 0.717) is 17.1 Å². The van der Waals surface area contributed by atoms with Crippen LogP contribution in [0.5, 0.6) is 0 Å². The molecule has 0 atom stereocenters. The first-order valence-electron chi connectivity index (χ1n) is 3.75. The molecule has 3 heteroatoms. The zero-order valence-corrected chi connectivity index (χ0v) is 7.66. The van der Waals surface area contributed by atoms with E-state index in [2.05, 4.69) is 5.32 Å². The first-order valence-corrected chi connectivity index (χ1v) is 4.13. The van der Waals surface area contributed by atoms with Crippen LogP contribution >= 0.6 is 11.6 Å². The van der Waals surface area contributed by atoms with Gasteiger partial charge in [-0.25, -0.2) is 4.39 Å². The van der Waals surface area contributed by atoms with E-state index < -0.39 is 6.67 Å². The molecule has 0 radical (unpaired) electrons. The van der Waals surface area contributed by atoms with Gasteiger partial charge in [-0.15, -0.1) is 0 Å². The maximum atomic E-state index is 12.2. The smallest absolute Gasteiger partial charge is 0.115 e. The molecule has 0 aliphatic rings. The summed E-state index contributed by atoms with van der Waals surface area (Å²) < 4.78 is 12.2. The molecule has 1 nitrogen and oxygen atoms in total. The monoisotopic (exact) mass is 187 g/mol. The molecule has 0 spiro atoms. The predicted octanol–water partition coefficient (Wildman–Crippen LogP) is 2.53. The fraction of sp³-hybridized carbons (Fsp3) is 0.333. The van der Waals surface area contributed by atoms with Gasteiger partial charge in [0.1, 0.15) is 6.67 Å². The van der Waals surface area contributed by atoms with Crippen LogP contribution in [0, 0.1) is 0 Å². The highest BCUT2D eigenvalue weighted by molar-refractivity contribution is 6.30. The van der Waals surface area contributed by atoms with Gasteiger partial charge in [-0.05, 0) is 30.3 Å². The van der Waals surface area contributed by atoms with Gasteiger partial charge in [0, 0.05) is 11.6 Å². The molecule has 1 aromatic rings.